The van der Waals surface area contributed by atoms with Crippen LogP contribution in [0.15, 0.2) is 59.5 Å². The van der Waals surface area contributed by atoms with Gasteiger partial charge in [-0.05, 0) is 35.9 Å². The van der Waals surface area contributed by atoms with Gasteiger partial charge in [0.2, 0.25) is 12.5 Å². The van der Waals surface area contributed by atoms with E-state index < -0.39 is 10.0 Å². The molecule has 1 aliphatic heterocycles. The van der Waals surface area contributed by atoms with E-state index in [1.165, 1.54) is 33.5 Å². The molecule has 0 saturated heterocycles. The number of anilines is 1. The Morgan fingerprint density at radius 1 is 0.839 bits per heavy atom. The van der Waals surface area contributed by atoms with Crippen LogP contribution in [-0.4, -0.2) is 36.5 Å². The first-order valence-electron chi connectivity index (χ1n) is 9.28. The Balaban J connectivity index is 1.87. The highest BCUT2D eigenvalue weighted by atomic mass is 32.2. The number of ether oxygens (including phenoxy) is 5. The molecular formula is C22H21NO7S. The number of methoxy groups -OCH3 is 3. The van der Waals surface area contributed by atoms with Crippen LogP contribution in [0.5, 0.6) is 28.7 Å². The molecule has 0 amide bonds. The van der Waals surface area contributed by atoms with Crippen molar-refractivity contribution in [3.05, 3.63) is 54.6 Å². The van der Waals surface area contributed by atoms with Crippen LogP contribution in [-0.2, 0) is 10.0 Å². The Hall–Kier alpha value is -3.59. The van der Waals surface area contributed by atoms with Gasteiger partial charge in [-0.15, -0.1) is 0 Å². The van der Waals surface area contributed by atoms with Crippen molar-refractivity contribution in [2.24, 2.45) is 0 Å². The number of hydrogen-bond acceptors (Lipinski definition) is 7. The molecule has 9 heteroatoms. The summed E-state index contributed by atoms with van der Waals surface area (Å²) in [6, 6.07) is 14.9. The zero-order chi connectivity index (χ0) is 22.0. The van der Waals surface area contributed by atoms with Gasteiger partial charge in [0.1, 0.15) is 0 Å². The highest BCUT2D eigenvalue weighted by molar-refractivity contribution is 7.92. The first-order chi connectivity index (χ1) is 15.0. The largest absolute Gasteiger partial charge is 0.493 e. The predicted octanol–water partition coefficient (Wildman–Crippen LogP) is 3.91. The van der Waals surface area contributed by atoms with E-state index in [4.69, 9.17) is 23.7 Å². The van der Waals surface area contributed by atoms with E-state index in [9.17, 15) is 8.42 Å². The molecular weight excluding hydrogens is 422 g/mol. The van der Waals surface area contributed by atoms with E-state index in [1.54, 1.807) is 42.5 Å². The summed E-state index contributed by atoms with van der Waals surface area (Å²) >= 11 is 0. The standard InChI is InChI=1S/C22H21NO7S/c1-26-20-9-14(10-21(27-2)22(20)28-3)16-11-18-19(30-13-29-18)12-17(16)23-31(24,25)15-7-5-4-6-8-15/h4-12,23H,13H2,1-3H3. The fourth-order valence-corrected chi connectivity index (χ4v) is 4.40. The number of hydrogen-bond donors (Lipinski definition) is 1. The third-order valence-electron chi connectivity index (χ3n) is 4.79. The number of benzene rings is 3. The van der Waals surface area contributed by atoms with Crippen molar-refractivity contribution in [2.45, 2.75) is 4.90 Å². The van der Waals surface area contributed by atoms with E-state index in [-0.39, 0.29) is 11.7 Å². The topological polar surface area (TPSA) is 92.3 Å². The van der Waals surface area contributed by atoms with E-state index >= 15 is 0 Å². The molecule has 4 rings (SSSR count). The minimum absolute atomic E-state index is 0.0545. The maximum Gasteiger partial charge on any atom is 0.261 e. The van der Waals surface area contributed by atoms with Crippen LogP contribution in [0.25, 0.3) is 11.1 Å². The van der Waals surface area contributed by atoms with Gasteiger partial charge in [0.05, 0.1) is 31.9 Å². The highest BCUT2D eigenvalue weighted by Gasteiger charge is 2.24. The van der Waals surface area contributed by atoms with E-state index in [0.717, 1.165) is 0 Å². The SMILES string of the molecule is COc1cc(-c2cc3c(cc2NS(=O)(=O)c2ccccc2)OCO3)cc(OC)c1OC. The lowest BCUT2D eigenvalue weighted by molar-refractivity contribution is 0.174. The number of sulfonamides is 1. The fraction of sp³-hybridized carbons (Fsp3) is 0.182. The third kappa shape index (κ3) is 3.91. The summed E-state index contributed by atoms with van der Waals surface area (Å²) in [5, 5.41) is 0. The van der Waals surface area contributed by atoms with Crippen molar-refractivity contribution in [1.29, 1.82) is 0 Å². The minimum Gasteiger partial charge on any atom is -0.493 e. The van der Waals surface area contributed by atoms with Crippen LogP contribution in [0.4, 0.5) is 5.69 Å². The van der Waals surface area contributed by atoms with Gasteiger partial charge in [-0.1, -0.05) is 18.2 Å². The van der Waals surface area contributed by atoms with Crippen molar-refractivity contribution in [3.63, 3.8) is 0 Å². The van der Waals surface area contributed by atoms with E-state index in [0.29, 0.717) is 45.6 Å². The molecule has 1 heterocycles. The molecule has 0 aliphatic carbocycles. The lowest BCUT2D eigenvalue weighted by atomic mass is 10.0. The van der Waals surface area contributed by atoms with Gasteiger partial charge in [-0.3, -0.25) is 4.72 Å². The number of fused-ring (bicyclic) bond motifs is 1. The van der Waals surface area contributed by atoms with Gasteiger partial charge in [0.15, 0.2) is 23.0 Å². The second-order valence-corrected chi connectivity index (χ2v) is 8.27. The molecule has 0 atom stereocenters. The van der Waals surface area contributed by atoms with Crippen molar-refractivity contribution < 1.29 is 32.1 Å². The van der Waals surface area contributed by atoms with Crippen LogP contribution in [0.3, 0.4) is 0 Å². The van der Waals surface area contributed by atoms with Crippen LogP contribution < -0.4 is 28.4 Å². The summed E-state index contributed by atoms with van der Waals surface area (Å²) in [6.45, 7) is 0.0545. The van der Waals surface area contributed by atoms with E-state index in [2.05, 4.69) is 4.72 Å². The minimum atomic E-state index is -3.84. The first-order valence-corrected chi connectivity index (χ1v) is 10.8. The summed E-state index contributed by atoms with van der Waals surface area (Å²) in [7, 11) is 0.702. The number of nitrogens with one attached hydrogen (secondary N) is 1. The summed E-state index contributed by atoms with van der Waals surface area (Å²) in [4.78, 5) is 0.142. The monoisotopic (exact) mass is 443 g/mol. The van der Waals surface area contributed by atoms with Crippen LogP contribution in [0, 0.1) is 0 Å². The highest BCUT2D eigenvalue weighted by Crippen LogP contribution is 2.46. The second kappa shape index (κ2) is 8.27. The van der Waals surface area contributed by atoms with Gasteiger partial charge < -0.3 is 23.7 Å². The lowest BCUT2D eigenvalue weighted by Gasteiger charge is -2.17. The molecule has 0 aromatic heterocycles. The van der Waals surface area contributed by atoms with Crippen LogP contribution >= 0.6 is 0 Å². The number of rotatable bonds is 7. The molecule has 0 radical (unpaired) electrons. The maximum atomic E-state index is 13.0. The van der Waals surface area contributed by atoms with Crippen molar-refractivity contribution in [2.75, 3.05) is 32.8 Å². The molecule has 162 valence electrons. The molecule has 31 heavy (non-hydrogen) atoms. The molecule has 0 spiro atoms. The Kier molecular flexibility index (Phi) is 5.51. The van der Waals surface area contributed by atoms with Crippen LogP contribution in [0.2, 0.25) is 0 Å². The lowest BCUT2D eigenvalue weighted by Crippen LogP contribution is -2.13. The molecule has 3 aromatic rings. The normalized spacial score (nSPS) is 12.4. The molecule has 8 nitrogen and oxygen atoms in total. The first kappa shape index (κ1) is 20.7. The van der Waals surface area contributed by atoms with Gasteiger partial charge in [-0.25, -0.2) is 8.42 Å². The average molecular weight is 443 g/mol. The third-order valence-corrected chi connectivity index (χ3v) is 6.17. The Morgan fingerprint density at radius 3 is 2.03 bits per heavy atom. The average Bonchev–Trinajstić information content (AvgIpc) is 3.25. The fourth-order valence-electron chi connectivity index (χ4n) is 3.31. The zero-order valence-electron chi connectivity index (χ0n) is 17.2. The van der Waals surface area contributed by atoms with Crippen molar-refractivity contribution in [1.82, 2.24) is 0 Å². The summed E-state index contributed by atoms with van der Waals surface area (Å²) < 4.78 is 55.8. The van der Waals surface area contributed by atoms with Crippen molar-refractivity contribution >= 4 is 15.7 Å². The molecule has 0 fully saturated rings. The van der Waals surface area contributed by atoms with Crippen molar-refractivity contribution in [3.8, 4) is 39.9 Å². The molecule has 0 bridgehead atoms. The van der Waals surface area contributed by atoms with Gasteiger partial charge >= 0.3 is 0 Å². The summed E-state index contributed by atoms with van der Waals surface area (Å²) in [5.41, 5.74) is 1.52. The quantitative estimate of drug-likeness (QED) is 0.592. The zero-order valence-corrected chi connectivity index (χ0v) is 18.0. The molecule has 0 saturated carbocycles. The second-order valence-electron chi connectivity index (χ2n) is 6.58. The molecule has 0 unspecified atom stereocenters. The van der Waals surface area contributed by atoms with Crippen LogP contribution in [0.1, 0.15) is 0 Å². The Bertz CT molecular complexity index is 1190. The summed E-state index contributed by atoms with van der Waals surface area (Å²) in [5.74, 6) is 2.26. The van der Waals surface area contributed by atoms with Gasteiger partial charge in [0.25, 0.3) is 10.0 Å². The molecule has 3 aromatic carbocycles. The predicted molar refractivity (Wildman–Crippen MR) is 115 cm³/mol. The maximum absolute atomic E-state index is 13.0. The smallest absolute Gasteiger partial charge is 0.261 e. The molecule has 1 N–H and O–H groups in total. The van der Waals surface area contributed by atoms with E-state index in [1.807, 2.05) is 0 Å². The Labute approximate surface area is 180 Å². The Morgan fingerprint density at radius 2 is 1.45 bits per heavy atom. The summed E-state index contributed by atoms with van der Waals surface area (Å²) in [6.07, 6.45) is 0. The van der Waals surface area contributed by atoms with Gasteiger partial charge in [0, 0.05) is 11.6 Å². The molecule has 1 aliphatic rings. The van der Waals surface area contributed by atoms with Gasteiger partial charge in [-0.2, -0.15) is 0 Å².